The molecule has 2 aliphatic rings. The van der Waals surface area contributed by atoms with Crippen LogP contribution < -0.4 is 9.92 Å². The Balaban J connectivity index is 0.000000174. The molecular formula is C47H46IrN2O2Si-2. The van der Waals surface area contributed by atoms with Crippen LogP contribution in [-0.2, 0) is 45.8 Å². The number of fused-ring (bicyclic) bond motifs is 5. The normalized spacial score (nSPS) is 13.8. The summed E-state index contributed by atoms with van der Waals surface area (Å²) >= 11 is 0. The quantitative estimate of drug-likeness (QED) is 0.128. The van der Waals surface area contributed by atoms with Crippen molar-refractivity contribution in [3.05, 3.63) is 131 Å². The topological polar surface area (TPSA) is 48.2 Å². The van der Waals surface area contributed by atoms with Gasteiger partial charge in [0.05, 0.1) is 20.8 Å². The van der Waals surface area contributed by atoms with Gasteiger partial charge in [0.1, 0.15) is 11.3 Å². The van der Waals surface area contributed by atoms with Crippen molar-refractivity contribution in [2.45, 2.75) is 77.9 Å². The summed E-state index contributed by atoms with van der Waals surface area (Å²) < 4.78 is 11.7. The van der Waals surface area contributed by atoms with Crippen LogP contribution >= 0.6 is 0 Å². The van der Waals surface area contributed by atoms with Crippen molar-refractivity contribution < 1.29 is 29.3 Å². The Morgan fingerprint density at radius 2 is 1.51 bits per heavy atom. The Bertz CT molecular complexity index is 2430. The van der Waals surface area contributed by atoms with E-state index >= 15 is 0 Å². The molecule has 0 fully saturated rings. The molecule has 0 spiro atoms. The monoisotopic (exact) mass is 891 g/mol. The summed E-state index contributed by atoms with van der Waals surface area (Å²) in [6, 6.07) is 34.2. The SMILES string of the molecule is COc1ccccc1-c1ccc2c(c1)oc1c[c-]c(-c3nccc4c3CCCC4)cc12.Cc1cc(-c2[c-]ccc3c2CCCC3)ncc1[Si](C)(C)C.[Ir]. The van der Waals surface area contributed by atoms with Crippen molar-refractivity contribution in [2.24, 2.45) is 0 Å². The van der Waals surface area contributed by atoms with Crippen molar-refractivity contribution >= 4 is 35.2 Å². The van der Waals surface area contributed by atoms with Gasteiger partial charge in [0, 0.05) is 43.4 Å². The van der Waals surface area contributed by atoms with Gasteiger partial charge in [-0.2, -0.15) is 0 Å². The molecule has 3 aromatic heterocycles. The van der Waals surface area contributed by atoms with Crippen LogP contribution in [0.1, 0.15) is 53.5 Å². The molecule has 0 amide bonds. The van der Waals surface area contributed by atoms with Crippen LogP contribution in [0.4, 0.5) is 0 Å². The third-order valence-electron chi connectivity index (χ3n) is 10.9. The van der Waals surface area contributed by atoms with Gasteiger partial charge in [-0.25, -0.2) is 0 Å². The van der Waals surface area contributed by atoms with Crippen molar-refractivity contribution in [3.63, 3.8) is 0 Å². The van der Waals surface area contributed by atoms with Crippen LogP contribution in [0.15, 0.2) is 95.7 Å². The Morgan fingerprint density at radius 1 is 0.755 bits per heavy atom. The number of ether oxygens (including phenoxy) is 1. The van der Waals surface area contributed by atoms with Crippen molar-refractivity contribution in [3.8, 4) is 39.4 Å². The summed E-state index contributed by atoms with van der Waals surface area (Å²) in [5.74, 6) is 0.855. The molecule has 0 aliphatic heterocycles. The molecule has 0 unspecified atom stereocenters. The Labute approximate surface area is 328 Å². The van der Waals surface area contributed by atoms with Crippen molar-refractivity contribution in [1.82, 2.24) is 9.97 Å². The number of benzene rings is 4. The standard InChI is InChI=1S/C28H22NO2.C19H24NSi.Ir/c1-30-25-9-5-4-7-21(25)19-10-12-23-24-16-20(11-13-26(24)31-27(23)17-19)28-22-8-3-2-6-18(22)14-15-29-28;1-14-12-18(20-13-19(14)21(2,3)4)17-11-7-9-15-8-5-6-10-16(15)17;/h4-5,7,9-10,12-17H,2-3,6,8H2,1H3;7,9,12-13H,5-6,8,10H2,1-4H3;/q2*-1;. The molecule has 0 bridgehead atoms. The summed E-state index contributed by atoms with van der Waals surface area (Å²) in [6.07, 6.45) is 13.8. The average Bonchev–Trinajstić information content (AvgIpc) is 3.54. The third kappa shape index (κ3) is 7.42. The van der Waals surface area contributed by atoms with Gasteiger partial charge in [-0.1, -0.05) is 97.4 Å². The van der Waals surface area contributed by atoms with Gasteiger partial charge in [-0.15, -0.1) is 58.7 Å². The average molecular weight is 891 g/mol. The molecule has 4 nitrogen and oxygen atoms in total. The second-order valence-corrected chi connectivity index (χ2v) is 20.4. The Kier molecular flexibility index (Phi) is 10.9. The molecule has 6 heteroatoms. The van der Waals surface area contributed by atoms with Crippen LogP contribution in [-0.4, -0.2) is 25.2 Å². The zero-order chi connectivity index (χ0) is 35.8. The first kappa shape index (κ1) is 37.0. The predicted molar refractivity (Wildman–Crippen MR) is 217 cm³/mol. The van der Waals surface area contributed by atoms with Crippen LogP contribution in [0.3, 0.4) is 0 Å². The summed E-state index contributed by atoms with van der Waals surface area (Å²) in [6.45, 7) is 9.38. The molecule has 3 heterocycles. The van der Waals surface area contributed by atoms with Crippen LogP contribution in [0.2, 0.25) is 19.6 Å². The fourth-order valence-electron chi connectivity index (χ4n) is 8.22. The largest absolute Gasteiger partial charge is 0.500 e. The number of furan rings is 1. The van der Waals surface area contributed by atoms with Gasteiger partial charge < -0.3 is 19.1 Å². The molecule has 1 radical (unpaired) electrons. The first-order valence-corrected chi connectivity index (χ1v) is 22.3. The summed E-state index contributed by atoms with van der Waals surface area (Å²) in [4.78, 5) is 9.52. The molecule has 4 aromatic carbocycles. The van der Waals surface area contributed by atoms with Gasteiger partial charge in [0.25, 0.3) is 0 Å². The molecule has 0 N–H and O–H groups in total. The molecule has 53 heavy (non-hydrogen) atoms. The molecule has 0 atom stereocenters. The number of para-hydroxylation sites is 1. The van der Waals surface area contributed by atoms with E-state index in [2.05, 4.69) is 99.5 Å². The summed E-state index contributed by atoms with van der Waals surface area (Å²) in [7, 11) is 0.398. The van der Waals surface area contributed by atoms with Crippen molar-refractivity contribution in [1.29, 1.82) is 0 Å². The Hall–Kier alpha value is -4.35. The van der Waals surface area contributed by atoms with Crippen LogP contribution in [0.5, 0.6) is 5.75 Å². The molecular weight excluding hydrogens is 845 g/mol. The first-order valence-electron chi connectivity index (χ1n) is 18.8. The number of rotatable bonds is 5. The minimum atomic E-state index is -1.30. The number of hydrogen-bond acceptors (Lipinski definition) is 4. The van der Waals surface area contributed by atoms with E-state index in [1.54, 1.807) is 7.11 Å². The van der Waals surface area contributed by atoms with E-state index in [1.165, 1.54) is 77.1 Å². The fraction of sp³-hybridized carbons (Fsp3) is 0.277. The zero-order valence-electron chi connectivity index (χ0n) is 31.4. The maximum atomic E-state index is 6.20. The van der Waals surface area contributed by atoms with E-state index in [4.69, 9.17) is 19.1 Å². The van der Waals surface area contributed by atoms with Gasteiger partial charge in [-0.3, -0.25) is 0 Å². The molecule has 271 valence electrons. The summed E-state index contributed by atoms with van der Waals surface area (Å²) in [5.41, 5.74) is 15.5. The second-order valence-electron chi connectivity index (χ2n) is 15.3. The number of hydrogen-bond donors (Lipinski definition) is 0. The van der Waals surface area contributed by atoms with Crippen molar-refractivity contribution in [2.75, 3.05) is 7.11 Å². The molecule has 0 saturated heterocycles. The molecule has 2 aliphatic carbocycles. The van der Waals surface area contributed by atoms with E-state index in [9.17, 15) is 0 Å². The number of aromatic nitrogens is 2. The van der Waals surface area contributed by atoms with Gasteiger partial charge in [-0.05, 0) is 79.4 Å². The maximum absolute atomic E-state index is 6.20. The van der Waals surface area contributed by atoms with Crippen LogP contribution in [0, 0.1) is 19.1 Å². The minimum Gasteiger partial charge on any atom is -0.500 e. The number of nitrogens with zero attached hydrogens (tertiary/aromatic N) is 2. The first-order chi connectivity index (χ1) is 25.3. The summed E-state index contributed by atoms with van der Waals surface area (Å²) in [5, 5.41) is 3.68. The fourth-order valence-corrected chi connectivity index (χ4v) is 9.93. The molecule has 7 aromatic rings. The van der Waals surface area contributed by atoms with E-state index in [1.807, 2.05) is 30.5 Å². The van der Waals surface area contributed by atoms with E-state index in [-0.39, 0.29) is 20.1 Å². The number of aryl methyl sites for hydroxylation is 3. The second kappa shape index (κ2) is 15.6. The third-order valence-corrected chi connectivity index (χ3v) is 13.0. The van der Waals surface area contributed by atoms with E-state index in [0.717, 1.165) is 68.6 Å². The van der Waals surface area contributed by atoms with Gasteiger partial charge in [0.2, 0.25) is 0 Å². The molecule has 0 saturated carbocycles. The maximum Gasteiger partial charge on any atom is 0.126 e. The van der Waals surface area contributed by atoms with E-state index < -0.39 is 8.07 Å². The Morgan fingerprint density at radius 3 is 2.28 bits per heavy atom. The predicted octanol–water partition coefficient (Wildman–Crippen LogP) is 11.3. The van der Waals surface area contributed by atoms with E-state index in [0.29, 0.717) is 0 Å². The molecule has 9 rings (SSSR count). The minimum absolute atomic E-state index is 0. The smallest absolute Gasteiger partial charge is 0.126 e. The van der Waals surface area contributed by atoms with Crippen LogP contribution in [0.25, 0.3) is 55.6 Å². The number of pyridine rings is 2. The number of methoxy groups -OCH3 is 1. The zero-order valence-corrected chi connectivity index (χ0v) is 34.8. The van der Waals surface area contributed by atoms with Gasteiger partial charge >= 0.3 is 0 Å². The van der Waals surface area contributed by atoms with Gasteiger partial charge in [0.15, 0.2) is 0 Å².